The van der Waals surface area contributed by atoms with E-state index in [0.29, 0.717) is 12.5 Å². The van der Waals surface area contributed by atoms with Crippen LogP contribution in [-0.2, 0) is 17.8 Å². The van der Waals surface area contributed by atoms with E-state index in [2.05, 4.69) is 26.6 Å². The van der Waals surface area contributed by atoms with E-state index in [9.17, 15) is 0 Å². The Balaban J connectivity index is 1.50. The number of tetrazole rings is 1. The monoisotopic (exact) mass is 330 g/mol. The third kappa shape index (κ3) is 3.04. The summed E-state index contributed by atoms with van der Waals surface area (Å²) in [5.74, 6) is 1.27. The van der Waals surface area contributed by atoms with Gasteiger partial charge in [-0.3, -0.25) is 0 Å². The molecule has 120 valence electrons. The van der Waals surface area contributed by atoms with Crippen LogP contribution in [0.25, 0.3) is 10.2 Å². The van der Waals surface area contributed by atoms with Crippen molar-refractivity contribution >= 4 is 27.5 Å². The molecule has 0 saturated carbocycles. The summed E-state index contributed by atoms with van der Waals surface area (Å²) < 4.78 is 8.51. The Morgan fingerprint density at radius 3 is 3.13 bits per heavy atom. The number of hydrogen-bond donors (Lipinski definition) is 0. The Kier molecular flexibility index (Phi) is 3.92. The maximum atomic E-state index is 5.43. The summed E-state index contributed by atoms with van der Waals surface area (Å²) in [4.78, 5) is 6.72. The zero-order chi connectivity index (χ0) is 15.6. The van der Waals surface area contributed by atoms with Crippen LogP contribution in [0.4, 0.5) is 5.95 Å². The van der Waals surface area contributed by atoms with Crippen LogP contribution in [0.15, 0.2) is 24.3 Å². The number of para-hydroxylation sites is 1. The highest BCUT2D eigenvalue weighted by molar-refractivity contribution is 7.18. The third-order valence-corrected chi connectivity index (χ3v) is 5.04. The van der Waals surface area contributed by atoms with Gasteiger partial charge in [0.1, 0.15) is 5.01 Å². The van der Waals surface area contributed by atoms with Gasteiger partial charge in [0.05, 0.1) is 29.9 Å². The van der Waals surface area contributed by atoms with Gasteiger partial charge in [-0.1, -0.05) is 17.2 Å². The fraction of sp³-hybridized carbons (Fsp3) is 0.467. The van der Waals surface area contributed by atoms with Gasteiger partial charge in [0.15, 0.2) is 0 Å². The summed E-state index contributed by atoms with van der Waals surface area (Å²) in [5, 5.41) is 13.2. The molecule has 1 fully saturated rings. The van der Waals surface area contributed by atoms with Gasteiger partial charge in [-0.05, 0) is 29.0 Å². The maximum Gasteiger partial charge on any atom is 0.245 e. The number of hydrogen-bond acceptors (Lipinski definition) is 7. The number of anilines is 1. The lowest BCUT2D eigenvalue weighted by atomic mass is 10.1. The second-order valence-corrected chi connectivity index (χ2v) is 6.94. The van der Waals surface area contributed by atoms with Gasteiger partial charge < -0.3 is 9.64 Å². The summed E-state index contributed by atoms with van der Waals surface area (Å²) in [6.07, 6.45) is 1.07. The molecule has 1 atom stereocenters. The first-order chi connectivity index (χ1) is 11.3. The average Bonchev–Trinajstić information content (AvgIpc) is 3.27. The van der Waals surface area contributed by atoms with E-state index in [-0.39, 0.29) is 0 Å². The van der Waals surface area contributed by atoms with Crippen molar-refractivity contribution < 1.29 is 4.74 Å². The summed E-state index contributed by atoms with van der Waals surface area (Å²) >= 11 is 1.71. The van der Waals surface area contributed by atoms with Gasteiger partial charge in [-0.2, -0.15) is 0 Å². The van der Waals surface area contributed by atoms with Crippen molar-refractivity contribution in [3.8, 4) is 0 Å². The van der Waals surface area contributed by atoms with Crippen LogP contribution in [0.1, 0.15) is 11.4 Å². The second-order valence-electron chi connectivity index (χ2n) is 5.82. The minimum absolute atomic E-state index is 0.494. The van der Waals surface area contributed by atoms with Gasteiger partial charge in [0, 0.05) is 19.6 Å². The molecule has 0 spiro atoms. The molecular weight excluding hydrogens is 312 g/mol. The van der Waals surface area contributed by atoms with Crippen LogP contribution < -0.4 is 4.90 Å². The van der Waals surface area contributed by atoms with Gasteiger partial charge in [0.25, 0.3) is 0 Å². The summed E-state index contributed by atoms with van der Waals surface area (Å²) in [7, 11) is 2.00. The summed E-state index contributed by atoms with van der Waals surface area (Å²) in [6.45, 7) is 3.12. The number of benzene rings is 1. The number of ether oxygens (including phenoxy) is 1. The minimum Gasteiger partial charge on any atom is -0.381 e. The lowest BCUT2D eigenvalue weighted by Gasteiger charge is -2.17. The fourth-order valence-electron chi connectivity index (χ4n) is 2.82. The van der Waals surface area contributed by atoms with E-state index in [1.165, 1.54) is 4.70 Å². The Morgan fingerprint density at radius 1 is 1.39 bits per heavy atom. The maximum absolute atomic E-state index is 5.43. The van der Waals surface area contributed by atoms with Crippen LogP contribution >= 0.6 is 11.3 Å². The first kappa shape index (κ1) is 14.5. The molecular formula is C15H18N6OS. The zero-order valence-electron chi connectivity index (χ0n) is 12.9. The largest absolute Gasteiger partial charge is 0.381 e. The molecule has 1 aromatic carbocycles. The second kappa shape index (κ2) is 6.21. The molecule has 3 aromatic rings. The zero-order valence-corrected chi connectivity index (χ0v) is 13.7. The fourth-order valence-corrected chi connectivity index (χ4v) is 3.85. The van der Waals surface area contributed by atoms with Gasteiger partial charge in [-0.25, -0.2) is 9.67 Å². The molecule has 0 aliphatic carbocycles. The summed E-state index contributed by atoms with van der Waals surface area (Å²) in [5.41, 5.74) is 1.04. The molecule has 2 aromatic heterocycles. The highest BCUT2D eigenvalue weighted by Gasteiger charge is 2.20. The molecule has 0 amide bonds. The normalized spacial score (nSPS) is 17.9. The van der Waals surface area contributed by atoms with Crippen molar-refractivity contribution in [2.45, 2.75) is 19.5 Å². The van der Waals surface area contributed by atoms with Crippen LogP contribution in [-0.4, -0.2) is 45.5 Å². The van der Waals surface area contributed by atoms with Crippen molar-refractivity contribution in [2.24, 2.45) is 5.92 Å². The number of aromatic nitrogens is 5. The predicted molar refractivity (Wildman–Crippen MR) is 88.5 cm³/mol. The molecule has 7 nitrogen and oxygen atoms in total. The molecule has 3 heterocycles. The molecule has 0 N–H and O–H groups in total. The molecule has 1 aliphatic rings. The first-order valence-corrected chi connectivity index (χ1v) is 8.51. The van der Waals surface area contributed by atoms with Gasteiger partial charge in [0.2, 0.25) is 5.95 Å². The van der Waals surface area contributed by atoms with Gasteiger partial charge >= 0.3 is 0 Å². The van der Waals surface area contributed by atoms with Crippen molar-refractivity contribution in [2.75, 3.05) is 25.2 Å². The molecule has 1 aliphatic heterocycles. The number of rotatable bonds is 5. The van der Waals surface area contributed by atoms with E-state index < -0.39 is 0 Å². The van der Waals surface area contributed by atoms with Crippen molar-refractivity contribution in [1.29, 1.82) is 0 Å². The van der Waals surface area contributed by atoms with Crippen molar-refractivity contribution in [3.63, 3.8) is 0 Å². The number of nitrogens with zero attached hydrogens (tertiary/aromatic N) is 6. The molecule has 8 heteroatoms. The van der Waals surface area contributed by atoms with Gasteiger partial charge in [-0.15, -0.1) is 11.3 Å². The Bertz CT molecular complexity index is 761. The van der Waals surface area contributed by atoms with Crippen LogP contribution in [0, 0.1) is 5.92 Å². The molecule has 0 radical (unpaired) electrons. The Morgan fingerprint density at radius 2 is 2.30 bits per heavy atom. The molecule has 1 unspecified atom stereocenters. The van der Waals surface area contributed by atoms with E-state index in [1.54, 1.807) is 11.3 Å². The van der Waals surface area contributed by atoms with Crippen molar-refractivity contribution in [1.82, 2.24) is 25.2 Å². The minimum atomic E-state index is 0.494. The average molecular weight is 330 g/mol. The highest BCUT2D eigenvalue weighted by atomic mass is 32.1. The van der Waals surface area contributed by atoms with Crippen LogP contribution in [0.2, 0.25) is 0 Å². The third-order valence-electron chi connectivity index (χ3n) is 4.02. The van der Waals surface area contributed by atoms with Crippen molar-refractivity contribution in [3.05, 3.63) is 29.3 Å². The highest BCUT2D eigenvalue weighted by Crippen LogP contribution is 2.24. The van der Waals surface area contributed by atoms with E-state index in [1.807, 2.05) is 34.8 Å². The lowest BCUT2D eigenvalue weighted by Crippen LogP contribution is -2.23. The predicted octanol–water partition coefficient (Wildman–Crippen LogP) is 1.96. The molecule has 4 rings (SSSR count). The van der Waals surface area contributed by atoms with E-state index in [0.717, 1.165) is 42.7 Å². The molecule has 23 heavy (non-hydrogen) atoms. The van der Waals surface area contributed by atoms with E-state index in [4.69, 9.17) is 4.74 Å². The topological polar surface area (TPSA) is 69.0 Å². The first-order valence-electron chi connectivity index (χ1n) is 7.69. The SMILES string of the molecule is CN(Cc1nc2ccccc2s1)c1nnnn1CC1CCOC1. The standard InChI is InChI=1S/C15H18N6OS/c1-20(9-14-16-12-4-2-3-5-13(12)23-14)15-17-18-19-21(15)8-11-6-7-22-10-11/h2-5,11H,6-10H2,1H3. The molecule has 1 saturated heterocycles. The smallest absolute Gasteiger partial charge is 0.245 e. The lowest BCUT2D eigenvalue weighted by molar-refractivity contribution is 0.181. The Labute approximate surface area is 137 Å². The quantitative estimate of drug-likeness (QED) is 0.712. The molecule has 0 bridgehead atoms. The summed E-state index contributed by atoms with van der Waals surface area (Å²) in [6, 6.07) is 8.19. The van der Waals surface area contributed by atoms with Crippen LogP contribution in [0.5, 0.6) is 0 Å². The van der Waals surface area contributed by atoms with E-state index >= 15 is 0 Å². The number of thiazole rings is 1. The Hall–Kier alpha value is -2.06. The van der Waals surface area contributed by atoms with Crippen LogP contribution in [0.3, 0.4) is 0 Å². The number of fused-ring (bicyclic) bond motifs is 1.